The molecular weight excluding hydrogens is 391 g/mol. The van der Waals surface area contributed by atoms with E-state index in [9.17, 15) is 17.6 Å². The van der Waals surface area contributed by atoms with Crippen molar-refractivity contribution in [3.05, 3.63) is 30.1 Å². The quantitative estimate of drug-likeness (QED) is 0.758. The Kier molecular flexibility index (Phi) is 4.64. The number of carbonyl (C=O) groups excluding carboxylic acids is 1. The van der Waals surface area contributed by atoms with Gasteiger partial charge in [-0.05, 0) is 93.4 Å². The summed E-state index contributed by atoms with van der Waals surface area (Å²) in [6, 6.07) is 5.00. The number of halogens is 1. The highest BCUT2D eigenvalue weighted by atomic mass is 32.2. The number of likely N-dealkylation sites (tertiary alicyclic amines) is 1. The summed E-state index contributed by atoms with van der Waals surface area (Å²) >= 11 is 0. The molecule has 1 aromatic carbocycles. The molecule has 1 N–H and O–H groups in total. The second kappa shape index (κ2) is 6.96. The maximum Gasteiger partial charge on any atom is 0.317 e. The fraction of sp³-hybridized carbons (Fsp3) is 0.682. The van der Waals surface area contributed by atoms with Crippen LogP contribution in [-0.4, -0.2) is 43.2 Å². The molecule has 5 nitrogen and oxygen atoms in total. The first-order valence-corrected chi connectivity index (χ1v) is 12.4. The second-order valence-corrected chi connectivity index (χ2v) is 12.0. The lowest BCUT2D eigenvalue weighted by molar-refractivity contribution is -0.0159. The molecule has 1 saturated heterocycles. The highest BCUT2D eigenvalue weighted by Crippen LogP contribution is 2.55. The fourth-order valence-corrected chi connectivity index (χ4v) is 8.49. The molecule has 2 amide bonds. The van der Waals surface area contributed by atoms with Gasteiger partial charge in [0.1, 0.15) is 5.82 Å². The largest absolute Gasteiger partial charge is 0.333 e. The van der Waals surface area contributed by atoms with Gasteiger partial charge >= 0.3 is 6.03 Å². The van der Waals surface area contributed by atoms with E-state index < -0.39 is 20.9 Å². The number of carbonyl (C=O) groups is 1. The monoisotopic (exact) mass is 420 g/mol. The number of hydrogen-bond donors (Lipinski definition) is 1. The molecule has 0 aromatic heterocycles. The van der Waals surface area contributed by atoms with Crippen molar-refractivity contribution in [2.75, 3.05) is 13.1 Å². The van der Waals surface area contributed by atoms with Crippen LogP contribution in [0, 0.1) is 23.6 Å². The molecule has 0 atom stereocenters. The van der Waals surface area contributed by atoms with Crippen LogP contribution in [0.5, 0.6) is 0 Å². The molecule has 6 rings (SSSR count). The number of nitrogens with zero attached hydrogens (tertiary/aromatic N) is 1. The van der Waals surface area contributed by atoms with Gasteiger partial charge in [0.05, 0.1) is 10.1 Å². The van der Waals surface area contributed by atoms with Crippen LogP contribution in [0.15, 0.2) is 29.2 Å². The van der Waals surface area contributed by atoms with Gasteiger partial charge in [0.15, 0.2) is 9.84 Å². The molecule has 5 fully saturated rings. The van der Waals surface area contributed by atoms with Gasteiger partial charge in [-0.2, -0.15) is 0 Å². The number of rotatable bonds is 3. The van der Waals surface area contributed by atoms with Gasteiger partial charge in [-0.25, -0.2) is 17.6 Å². The SMILES string of the molecule is O=C(NC12CC3CC(CC(C3)C1)C2)N1CCC(S(=O)(=O)c2ccc(F)cc2)CC1. The molecule has 1 heterocycles. The Morgan fingerprint density at radius 2 is 1.48 bits per heavy atom. The molecule has 5 aliphatic rings. The molecule has 29 heavy (non-hydrogen) atoms. The molecule has 158 valence electrons. The average Bonchev–Trinajstić information content (AvgIpc) is 2.67. The number of piperidine rings is 1. The molecule has 7 heteroatoms. The first-order chi connectivity index (χ1) is 13.8. The van der Waals surface area contributed by atoms with Crippen molar-refractivity contribution in [3.8, 4) is 0 Å². The van der Waals surface area contributed by atoms with E-state index in [0.29, 0.717) is 25.9 Å². The van der Waals surface area contributed by atoms with Crippen molar-refractivity contribution in [2.45, 2.75) is 67.1 Å². The van der Waals surface area contributed by atoms with Crippen molar-refractivity contribution in [2.24, 2.45) is 17.8 Å². The number of urea groups is 1. The Labute approximate surface area is 172 Å². The van der Waals surface area contributed by atoms with Crippen LogP contribution in [0.3, 0.4) is 0 Å². The highest BCUT2D eigenvalue weighted by molar-refractivity contribution is 7.92. The Hall–Kier alpha value is -1.63. The summed E-state index contributed by atoms with van der Waals surface area (Å²) in [5, 5.41) is 2.86. The van der Waals surface area contributed by atoms with Gasteiger partial charge in [0, 0.05) is 18.6 Å². The third-order valence-electron chi connectivity index (χ3n) is 7.72. The lowest BCUT2D eigenvalue weighted by atomic mass is 9.53. The summed E-state index contributed by atoms with van der Waals surface area (Å²) in [5.74, 6) is 1.87. The molecular formula is C22H29FN2O3S. The standard InChI is InChI=1S/C22H29FN2O3S/c23-18-1-3-19(4-2-18)29(27,28)20-5-7-25(8-6-20)21(26)24-22-12-15-9-16(13-22)11-17(10-15)14-22/h1-4,15-17,20H,5-14H2,(H,24,26). The topological polar surface area (TPSA) is 66.5 Å². The zero-order valence-electron chi connectivity index (χ0n) is 16.6. The Morgan fingerprint density at radius 3 is 2.00 bits per heavy atom. The summed E-state index contributed by atoms with van der Waals surface area (Å²) in [7, 11) is -3.50. The zero-order valence-corrected chi connectivity index (χ0v) is 17.5. The van der Waals surface area contributed by atoms with Crippen LogP contribution in [-0.2, 0) is 9.84 Å². The van der Waals surface area contributed by atoms with Gasteiger partial charge < -0.3 is 10.2 Å². The summed E-state index contributed by atoms with van der Waals surface area (Å²) < 4.78 is 38.8. The number of nitrogens with one attached hydrogen (secondary N) is 1. The minimum Gasteiger partial charge on any atom is -0.333 e. The van der Waals surface area contributed by atoms with E-state index in [1.165, 1.54) is 43.5 Å². The lowest BCUT2D eigenvalue weighted by Gasteiger charge is -2.57. The van der Waals surface area contributed by atoms with Gasteiger partial charge in [-0.1, -0.05) is 0 Å². The first kappa shape index (κ1) is 19.3. The molecule has 0 unspecified atom stereocenters. The van der Waals surface area contributed by atoms with E-state index >= 15 is 0 Å². The summed E-state index contributed by atoms with van der Waals surface area (Å²) in [6.45, 7) is 0.895. The Bertz CT molecular complexity index is 856. The van der Waals surface area contributed by atoms with Gasteiger partial charge in [-0.3, -0.25) is 0 Å². The molecule has 4 aliphatic carbocycles. The maximum absolute atomic E-state index is 13.1. The van der Waals surface area contributed by atoms with E-state index in [4.69, 9.17) is 0 Å². The minimum absolute atomic E-state index is 0.0235. The van der Waals surface area contributed by atoms with Gasteiger partial charge in [0.2, 0.25) is 0 Å². The van der Waals surface area contributed by atoms with E-state index in [1.54, 1.807) is 4.90 Å². The molecule has 4 saturated carbocycles. The van der Waals surface area contributed by atoms with Crippen molar-refractivity contribution in [1.82, 2.24) is 10.2 Å². The van der Waals surface area contributed by atoms with Crippen LogP contribution in [0.4, 0.5) is 9.18 Å². The second-order valence-electron chi connectivity index (χ2n) is 9.81. The number of amides is 2. The van der Waals surface area contributed by atoms with Crippen molar-refractivity contribution < 1.29 is 17.6 Å². The predicted molar refractivity (Wildman–Crippen MR) is 108 cm³/mol. The number of sulfone groups is 1. The average molecular weight is 421 g/mol. The van der Waals surface area contributed by atoms with E-state index in [-0.39, 0.29) is 16.5 Å². The Morgan fingerprint density at radius 1 is 0.966 bits per heavy atom. The van der Waals surface area contributed by atoms with E-state index in [1.807, 2.05) is 0 Å². The van der Waals surface area contributed by atoms with Crippen molar-refractivity contribution in [3.63, 3.8) is 0 Å². The number of benzene rings is 1. The molecule has 0 spiro atoms. The van der Waals surface area contributed by atoms with Gasteiger partial charge in [0.25, 0.3) is 0 Å². The predicted octanol–water partition coefficient (Wildman–Crippen LogP) is 3.74. The zero-order chi connectivity index (χ0) is 20.2. The highest BCUT2D eigenvalue weighted by Gasteiger charge is 2.52. The third kappa shape index (κ3) is 3.56. The van der Waals surface area contributed by atoms with Gasteiger partial charge in [-0.15, -0.1) is 0 Å². The van der Waals surface area contributed by atoms with Crippen LogP contribution in [0.25, 0.3) is 0 Å². The first-order valence-electron chi connectivity index (χ1n) is 10.9. The summed E-state index contributed by atoms with van der Waals surface area (Å²) in [4.78, 5) is 14.9. The smallest absolute Gasteiger partial charge is 0.317 e. The van der Waals surface area contributed by atoms with Crippen molar-refractivity contribution >= 4 is 15.9 Å². The number of hydrogen-bond acceptors (Lipinski definition) is 3. The van der Waals surface area contributed by atoms with Crippen LogP contribution in [0.2, 0.25) is 0 Å². The van der Waals surface area contributed by atoms with Crippen LogP contribution < -0.4 is 5.32 Å². The molecule has 4 bridgehead atoms. The van der Waals surface area contributed by atoms with E-state index in [0.717, 1.165) is 37.0 Å². The van der Waals surface area contributed by atoms with Crippen molar-refractivity contribution in [1.29, 1.82) is 0 Å². The van der Waals surface area contributed by atoms with Crippen LogP contribution in [0.1, 0.15) is 51.4 Å². The van der Waals surface area contributed by atoms with E-state index in [2.05, 4.69) is 5.32 Å². The lowest BCUT2D eigenvalue weighted by Crippen LogP contribution is -2.62. The summed E-state index contributed by atoms with van der Waals surface area (Å²) in [5.41, 5.74) is -0.0249. The maximum atomic E-state index is 13.1. The Balaban J connectivity index is 1.21. The normalized spacial score (nSPS) is 34.4. The molecule has 1 aromatic rings. The summed E-state index contributed by atoms with van der Waals surface area (Å²) in [6.07, 6.45) is 8.19. The van der Waals surface area contributed by atoms with Crippen LogP contribution >= 0.6 is 0 Å². The third-order valence-corrected chi connectivity index (χ3v) is 10.00. The fourth-order valence-electron chi connectivity index (χ4n) is 6.76. The molecule has 0 radical (unpaired) electrons. The minimum atomic E-state index is -3.50. The molecule has 1 aliphatic heterocycles.